The van der Waals surface area contributed by atoms with Crippen LogP contribution in [0.1, 0.15) is 12.0 Å². The molecule has 0 saturated heterocycles. The molecule has 9 heteroatoms. The Labute approximate surface area is 196 Å². The van der Waals surface area contributed by atoms with Crippen LogP contribution in [0.5, 0.6) is 5.75 Å². The molecule has 1 aromatic carbocycles. The van der Waals surface area contributed by atoms with Gasteiger partial charge in [-0.15, -0.1) is 0 Å². The van der Waals surface area contributed by atoms with Crippen molar-refractivity contribution in [1.29, 1.82) is 0 Å². The molecule has 2 N–H and O–H groups in total. The summed E-state index contributed by atoms with van der Waals surface area (Å²) in [5, 5.41) is 9.78. The first-order chi connectivity index (χ1) is 16.7. The van der Waals surface area contributed by atoms with Gasteiger partial charge in [0.2, 0.25) is 0 Å². The van der Waals surface area contributed by atoms with Gasteiger partial charge in [0.05, 0.1) is 12.3 Å². The van der Waals surface area contributed by atoms with Crippen molar-refractivity contribution in [1.82, 2.24) is 25.0 Å². The molecule has 172 valence electrons. The Kier molecular flexibility index (Phi) is 6.33. The number of fused-ring (bicyclic) bond motifs is 1. The predicted octanol–water partition coefficient (Wildman–Crippen LogP) is 3.42. The summed E-state index contributed by atoms with van der Waals surface area (Å²) in [4.78, 5) is 26.1. The number of imidazole rings is 1. The van der Waals surface area contributed by atoms with Crippen LogP contribution in [-0.4, -0.2) is 45.4 Å². The standard InChI is InChI=1S/C25H24N6O3/c32-25(28-13-18-7-8-24-27-10-11-31(24)16-18)29-15-20-12-21(34-30-20)17-33-23-6-2-1-5-22(23)19-4-3-9-26-14-19/h1-11,14,16,21H,12-13,15,17H2,(H2,28,29,32). The van der Waals surface area contributed by atoms with Crippen LogP contribution < -0.4 is 15.4 Å². The molecular formula is C25H24N6O3. The highest BCUT2D eigenvalue weighted by Crippen LogP contribution is 2.29. The molecule has 1 aliphatic rings. The minimum atomic E-state index is -0.265. The molecule has 0 saturated carbocycles. The number of pyridine rings is 2. The Morgan fingerprint density at radius 3 is 2.91 bits per heavy atom. The van der Waals surface area contributed by atoms with E-state index in [9.17, 15) is 4.79 Å². The predicted molar refractivity (Wildman–Crippen MR) is 128 cm³/mol. The topological polar surface area (TPSA) is 102 Å². The van der Waals surface area contributed by atoms with Crippen molar-refractivity contribution in [2.45, 2.75) is 19.1 Å². The summed E-state index contributed by atoms with van der Waals surface area (Å²) in [6.07, 6.45) is 9.48. The Morgan fingerprint density at radius 1 is 1.09 bits per heavy atom. The van der Waals surface area contributed by atoms with E-state index in [-0.39, 0.29) is 12.1 Å². The number of para-hydroxylation sites is 1. The number of amides is 2. The van der Waals surface area contributed by atoms with Crippen LogP contribution in [0.4, 0.5) is 4.79 Å². The van der Waals surface area contributed by atoms with Crippen molar-refractivity contribution >= 4 is 17.4 Å². The highest BCUT2D eigenvalue weighted by Gasteiger charge is 2.22. The van der Waals surface area contributed by atoms with Crippen LogP contribution in [-0.2, 0) is 11.4 Å². The zero-order valence-corrected chi connectivity index (χ0v) is 18.4. The van der Waals surface area contributed by atoms with Crippen LogP contribution in [0.3, 0.4) is 0 Å². The number of ether oxygens (including phenoxy) is 1. The van der Waals surface area contributed by atoms with Gasteiger partial charge in [-0.3, -0.25) is 4.98 Å². The number of oxime groups is 1. The van der Waals surface area contributed by atoms with Crippen molar-refractivity contribution in [2.24, 2.45) is 5.16 Å². The minimum absolute atomic E-state index is 0.205. The van der Waals surface area contributed by atoms with E-state index in [1.165, 1.54) is 0 Å². The average Bonchev–Trinajstić information content (AvgIpc) is 3.55. The second kappa shape index (κ2) is 10.0. The van der Waals surface area contributed by atoms with Gasteiger partial charge in [0.25, 0.3) is 0 Å². The van der Waals surface area contributed by atoms with Gasteiger partial charge in [-0.25, -0.2) is 9.78 Å². The number of nitrogens with zero attached hydrogens (tertiary/aromatic N) is 4. The van der Waals surface area contributed by atoms with E-state index in [0.29, 0.717) is 26.1 Å². The summed E-state index contributed by atoms with van der Waals surface area (Å²) in [6.45, 7) is 1.08. The molecule has 0 fully saturated rings. The van der Waals surface area contributed by atoms with Crippen molar-refractivity contribution in [3.63, 3.8) is 0 Å². The van der Waals surface area contributed by atoms with Crippen molar-refractivity contribution in [3.8, 4) is 16.9 Å². The molecule has 0 spiro atoms. The van der Waals surface area contributed by atoms with E-state index in [2.05, 4.69) is 25.8 Å². The molecule has 0 aliphatic carbocycles. The molecule has 0 radical (unpaired) electrons. The van der Waals surface area contributed by atoms with Crippen LogP contribution in [0.15, 0.2) is 84.7 Å². The molecule has 4 heterocycles. The summed E-state index contributed by atoms with van der Waals surface area (Å²) >= 11 is 0. The van der Waals surface area contributed by atoms with Crippen LogP contribution in [0, 0.1) is 0 Å². The number of benzene rings is 1. The van der Waals surface area contributed by atoms with E-state index < -0.39 is 0 Å². The first-order valence-corrected chi connectivity index (χ1v) is 11.0. The maximum absolute atomic E-state index is 12.2. The third-order valence-corrected chi connectivity index (χ3v) is 5.43. The van der Waals surface area contributed by atoms with Gasteiger partial charge < -0.3 is 24.6 Å². The number of urea groups is 1. The van der Waals surface area contributed by atoms with E-state index >= 15 is 0 Å². The molecule has 5 rings (SSSR count). The summed E-state index contributed by atoms with van der Waals surface area (Å²) < 4.78 is 7.94. The number of hydrogen-bond acceptors (Lipinski definition) is 6. The van der Waals surface area contributed by atoms with Crippen molar-refractivity contribution in [3.05, 3.63) is 85.1 Å². The smallest absolute Gasteiger partial charge is 0.315 e. The van der Waals surface area contributed by atoms with E-state index in [0.717, 1.165) is 33.8 Å². The zero-order chi connectivity index (χ0) is 23.2. The molecular weight excluding hydrogens is 432 g/mol. The Balaban J connectivity index is 1.06. The monoisotopic (exact) mass is 456 g/mol. The molecule has 34 heavy (non-hydrogen) atoms. The molecule has 1 unspecified atom stereocenters. The number of rotatable bonds is 8. The summed E-state index contributed by atoms with van der Waals surface area (Å²) in [5.41, 5.74) is 4.57. The number of nitrogens with one attached hydrogen (secondary N) is 2. The summed E-state index contributed by atoms with van der Waals surface area (Å²) in [6, 6.07) is 15.3. The Bertz CT molecular complexity index is 1300. The van der Waals surface area contributed by atoms with E-state index in [4.69, 9.17) is 9.57 Å². The third kappa shape index (κ3) is 5.15. The number of carbonyl (C=O) groups excluding carboxylic acids is 1. The maximum Gasteiger partial charge on any atom is 0.315 e. The first kappa shape index (κ1) is 21.4. The molecule has 1 atom stereocenters. The molecule has 3 aromatic heterocycles. The van der Waals surface area contributed by atoms with Crippen LogP contribution >= 0.6 is 0 Å². The van der Waals surface area contributed by atoms with Gasteiger partial charge in [-0.05, 0) is 23.8 Å². The van der Waals surface area contributed by atoms with Gasteiger partial charge >= 0.3 is 6.03 Å². The lowest BCUT2D eigenvalue weighted by Crippen LogP contribution is -2.38. The lowest BCUT2D eigenvalue weighted by atomic mass is 10.1. The second-order valence-corrected chi connectivity index (χ2v) is 7.90. The van der Waals surface area contributed by atoms with Gasteiger partial charge in [0, 0.05) is 55.1 Å². The van der Waals surface area contributed by atoms with Gasteiger partial charge in [-0.1, -0.05) is 35.5 Å². The van der Waals surface area contributed by atoms with E-state index in [1.54, 1.807) is 12.4 Å². The normalized spacial score (nSPS) is 14.9. The fraction of sp³-hybridized carbons (Fsp3) is 0.200. The van der Waals surface area contributed by atoms with Crippen molar-refractivity contribution < 1.29 is 14.4 Å². The Morgan fingerprint density at radius 2 is 2.00 bits per heavy atom. The second-order valence-electron chi connectivity index (χ2n) is 7.90. The quantitative estimate of drug-likeness (QED) is 0.423. The van der Waals surface area contributed by atoms with Gasteiger partial charge in [-0.2, -0.15) is 0 Å². The number of aromatic nitrogens is 3. The first-order valence-electron chi connectivity index (χ1n) is 11.0. The fourth-order valence-corrected chi connectivity index (χ4v) is 3.71. The largest absolute Gasteiger partial charge is 0.489 e. The van der Waals surface area contributed by atoms with Gasteiger partial charge in [0.15, 0.2) is 6.10 Å². The lowest BCUT2D eigenvalue weighted by molar-refractivity contribution is 0.0472. The SMILES string of the molecule is O=C(NCC1=NOC(COc2ccccc2-c2cccnc2)C1)NCc1ccc2nccn2c1. The van der Waals surface area contributed by atoms with Crippen LogP contribution in [0.2, 0.25) is 0 Å². The molecule has 1 aliphatic heterocycles. The fourth-order valence-electron chi connectivity index (χ4n) is 3.71. The minimum Gasteiger partial charge on any atom is -0.489 e. The van der Waals surface area contributed by atoms with Gasteiger partial charge in [0.1, 0.15) is 18.0 Å². The third-order valence-electron chi connectivity index (χ3n) is 5.43. The average molecular weight is 457 g/mol. The molecule has 4 aromatic rings. The molecule has 2 amide bonds. The van der Waals surface area contributed by atoms with Crippen molar-refractivity contribution in [2.75, 3.05) is 13.2 Å². The molecule has 9 nitrogen and oxygen atoms in total. The van der Waals surface area contributed by atoms with E-state index in [1.807, 2.05) is 71.5 Å². The lowest BCUT2D eigenvalue weighted by Gasteiger charge is -2.14. The highest BCUT2D eigenvalue weighted by atomic mass is 16.7. The molecule has 0 bridgehead atoms. The summed E-state index contributed by atoms with van der Waals surface area (Å²) in [5.74, 6) is 0.763. The number of hydrogen-bond donors (Lipinski definition) is 2. The highest BCUT2D eigenvalue weighted by molar-refractivity contribution is 5.90. The maximum atomic E-state index is 12.2. The summed E-state index contributed by atoms with van der Waals surface area (Å²) in [7, 11) is 0. The zero-order valence-electron chi connectivity index (χ0n) is 18.4. The van der Waals surface area contributed by atoms with Crippen LogP contribution in [0.25, 0.3) is 16.8 Å². The Hall–Kier alpha value is -4.40. The number of carbonyl (C=O) groups is 1.